The van der Waals surface area contributed by atoms with E-state index in [1.807, 2.05) is 6.07 Å². The summed E-state index contributed by atoms with van der Waals surface area (Å²) in [5.41, 5.74) is 0.558. The first-order valence-electron chi connectivity index (χ1n) is 5.46. The van der Waals surface area contributed by atoms with Crippen LogP contribution in [0.3, 0.4) is 0 Å². The summed E-state index contributed by atoms with van der Waals surface area (Å²) < 4.78 is 19.7. The average molecular weight is 288 g/mol. The molecule has 1 N–H and O–H groups in total. The first kappa shape index (κ1) is 11.9. The average Bonchev–Trinajstić information content (AvgIpc) is 2.75. The number of ether oxygens (including phenoxy) is 1. The largest absolute Gasteiger partial charge is 0.381 e. The van der Waals surface area contributed by atoms with Crippen LogP contribution in [0.2, 0.25) is 0 Å². The molecule has 2 unspecified atom stereocenters. The lowest BCUT2D eigenvalue weighted by molar-refractivity contribution is 0.183. The van der Waals surface area contributed by atoms with Gasteiger partial charge in [-0.3, -0.25) is 0 Å². The van der Waals surface area contributed by atoms with Crippen molar-refractivity contribution in [2.45, 2.75) is 19.4 Å². The van der Waals surface area contributed by atoms with E-state index in [2.05, 4.69) is 28.2 Å². The summed E-state index contributed by atoms with van der Waals surface area (Å²) in [7, 11) is 0. The van der Waals surface area contributed by atoms with E-state index < -0.39 is 0 Å². The van der Waals surface area contributed by atoms with E-state index in [1.165, 1.54) is 6.07 Å². The first-order chi connectivity index (χ1) is 7.66. The number of anilines is 1. The van der Waals surface area contributed by atoms with Gasteiger partial charge in [-0.25, -0.2) is 4.39 Å². The van der Waals surface area contributed by atoms with Gasteiger partial charge >= 0.3 is 0 Å². The van der Waals surface area contributed by atoms with E-state index in [0.717, 1.165) is 24.1 Å². The third-order valence-corrected chi connectivity index (χ3v) is 3.48. The Bertz CT molecular complexity index is 366. The van der Waals surface area contributed by atoms with Crippen LogP contribution in [0.5, 0.6) is 0 Å². The summed E-state index contributed by atoms with van der Waals surface area (Å²) in [6, 6.07) is 5.30. The van der Waals surface area contributed by atoms with Crippen molar-refractivity contribution < 1.29 is 9.13 Å². The fourth-order valence-electron chi connectivity index (χ4n) is 1.92. The van der Waals surface area contributed by atoms with Crippen LogP contribution in [0.4, 0.5) is 10.1 Å². The summed E-state index contributed by atoms with van der Waals surface area (Å²) in [6.45, 7) is 3.66. The summed E-state index contributed by atoms with van der Waals surface area (Å²) >= 11 is 3.24. The second-order valence-electron chi connectivity index (χ2n) is 4.18. The topological polar surface area (TPSA) is 21.3 Å². The number of halogens is 2. The summed E-state index contributed by atoms with van der Waals surface area (Å²) in [5.74, 6) is 0.253. The van der Waals surface area contributed by atoms with Gasteiger partial charge in [0.25, 0.3) is 0 Å². The highest BCUT2D eigenvalue weighted by atomic mass is 79.9. The van der Waals surface area contributed by atoms with E-state index in [9.17, 15) is 4.39 Å². The van der Waals surface area contributed by atoms with Crippen LogP contribution >= 0.6 is 15.9 Å². The highest BCUT2D eigenvalue weighted by Gasteiger charge is 2.22. The Morgan fingerprint density at radius 1 is 1.56 bits per heavy atom. The number of rotatable bonds is 3. The van der Waals surface area contributed by atoms with Crippen LogP contribution in [0.25, 0.3) is 0 Å². The molecular formula is C12H15BrFNO. The van der Waals surface area contributed by atoms with Gasteiger partial charge in [0.15, 0.2) is 0 Å². The Morgan fingerprint density at radius 3 is 3.00 bits per heavy atom. The SMILES string of the molecule is CC(Nc1ccc(Br)cc1F)C1CCOC1. The van der Waals surface area contributed by atoms with Crippen molar-refractivity contribution in [3.8, 4) is 0 Å². The predicted molar refractivity (Wildman–Crippen MR) is 66.1 cm³/mol. The van der Waals surface area contributed by atoms with Gasteiger partial charge in [0.2, 0.25) is 0 Å². The molecule has 88 valence electrons. The van der Waals surface area contributed by atoms with Crippen molar-refractivity contribution in [2.24, 2.45) is 5.92 Å². The molecule has 1 heterocycles. The summed E-state index contributed by atoms with van der Waals surface area (Å²) in [5, 5.41) is 3.20. The molecule has 0 saturated carbocycles. The molecule has 1 fully saturated rings. The van der Waals surface area contributed by atoms with E-state index in [4.69, 9.17) is 4.74 Å². The van der Waals surface area contributed by atoms with Gasteiger partial charge in [-0.15, -0.1) is 0 Å². The van der Waals surface area contributed by atoms with E-state index >= 15 is 0 Å². The van der Waals surface area contributed by atoms with Gasteiger partial charge in [0, 0.05) is 23.0 Å². The molecule has 0 aliphatic carbocycles. The zero-order chi connectivity index (χ0) is 11.5. The number of hydrogen-bond acceptors (Lipinski definition) is 2. The molecule has 1 aromatic rings. The maximum Gasteiger partial charge on any atom is 0.147 e. The second kappa shape index (κ2) is 5.15. The second-order valence-corrected chi connectivity index (χ2v) is 5.10. The Balaban J connectivity index is 2.02. The maximum atomic E-state index is 13.6. The molecule has 4 heteroatoms. The standard InChI is InChI=1S/C12H15BrFNO/c1-8(9-4-5-16-7-9)15-12-3-2-10(13)6-11(12)14/h2-3,6,8-9,15H,4-5,7H2,1H3. The monoisotopic (exact) mass is 287 g/mol. The van der Waals surface area contributed by atoms with Gasteiger partial charge in [-0.05, 0) is 31.5 Å². The first-order valence-corrected chi connectivity index (χ1v) is 6.25. The fourth-order valence-corrected chi connectivity index (χ4v) is 2.25. The van der Waals surface area contributed by atoms with Crippen molar-refractivity contribution in [3.63, 3.8) is 0 Å². The Morgan fingerprint density at radius 2 is 2.38 bits per heavy atom. The molecular weight excluding hydrogens is 273 g/mol. The molecule has 1 aliphatic rings. The van der Waals surface area contributed by atoms with Crippen molar-refractivity contribution in [1.82, 2.24) is 0 Å². The third kappa shape index (κ3) is 2.74. The van der Waals surface area contributed by atoms with Gasteiger partial charge in [-0.1, -0.05) is 15.9 Å². The predicted octanol–water partition coefficient (Wildman–Crippen LogP) is 3.43. The van der Waals surface area contributed by atoms with E-state index in [-0.39, 0.29) is 11.9 Å². The molecule has 1 aromatic carbocycles. The number of benzene rings is 1. The van der Waals surface area contributed by atoms with Crippen LogP contribution in [0, 0.1) is 11.7 Å². The van der Waals surface area contributed by atoms with Gasteiger partial charge < -0.3 is 10.1 Å². The lowest BCUT2D eigenvalue weighted by atomic mass is 10.0. The third-order valence-electron chi connectivity index (χ3n) is 2.99. The Kier molecular flexibility index (Phi) is 3.82. The molecule has 1 saturated heterocycles. The fraction of sp³-hybridized carbons (Fsp3) is 0.500. The van der Waals surface area contributed by atoms with Crippen LogP contribution < -0.4 is 5.32 Å². The van der Waals surface area contributed by atoms with Crippen molar-refractivity contribution in [2.75, 3.05) is 18.5 Å². The maximum absolute atomic E-state index is 13.6. The van der Waals surface area contributed by atoms with Crippen molar-refractivity contribution >= 4 is 21.6 Å². The zero-order valence-electron chi connectivity index (χ0n) is 9.17. The van der Waals surface area contributed by atoms with Gasteiger partial charge in [0.1, 0.15) is 5.82 Å². The molecule has 2 rings (SSSR count). The van der Waals surface area contributed by atoms with Crippen LogP contribution in [0.1, 0.15) is 13.3 Å². The molecule has 2 atom stereocenters. The number of hydrogen-bond donors (Lipinski definition) is 1. The van der Waals surface area contributed by atoms with Gasteiger partial charge in [0.05, 0.1) is 12.3 Å². The highest BCUT2D eigenvalue weighted by Crippen LogP contribution is 2.24. The zero-order valence-corrected chi connectivity index (χ0v) is 10.8. The molecule has 0 amide bonds. The van der Waals surface area contributed by atoms with Crippen LogP contribution in [-0.2, 0) is 4.74 Å². The molecule has 1 aliphatic heterocycles. The van der Waals surface area contributed by atoms with E-state index in [1.54, 1.807) is 6.07 Å². The Labute approximate surface area is 103 Å². The lowest BCUT2D eigenvalue weighted by Gasteiger charge is -2.20. The summed E-state index contributed by atoms with van der Waals surface area (Å²) in [4.78, 5) is 0. The molecule has 0 bridgehead atoms. The van der Waals surface area contributed by atoms with Crippen LogP contribution in [-0.4, -0.2) is 19.3 Å². The molecule has 0 radical (unpaired) electrons. The number of nitrogens with one attached hydrogen (secondary N) is 1. The highest BCUT2D eigenvalue weighted by molar-refractivity contribution is 9.10. The lowest BCUT2D eigenvalue weighted by Crippen LogP contribution is -2.26. The molecule has 0 aromatic heterocycles. The van der Waals surface area contributed by atoms with Gasteiger partial charge in [-0.2, -0.15) is 0 Å². The minimum Gasteiger partial charge on any atom is -0.381 e. The summed E-state index contributed by atoms with van der Waals surface area (Å²) in [6.07, 6.45) is 1.05. The molecule has 16 heavy (non-hydrogen) atoms. The van der Waals surface area contributed by atoms with Crippen LogP contribution in [0.15, 0.2) is 22.7 Å². The minimum atomic E-state index is -0.222. The van der Waals surface area contributed by atoms with Crippen molar-refractivity contribution in [3.05, 3.63) is 28.5 Å². The van der Waals surface area contributed by atoms with Crippen molar-refractivity contribution in [1.29, 1.82) is 0 Å². The van der Waals surface area contributed by atoms with E-state index in [0.29, 0.717) is 11.6 Å². The quantitative estimate of drug-likeness (QED) is 0.920. The Hall–Kier alpha value is -0.610. The smallest absolute Gasteiger partial charge is 0.147 e. The molecule has 0 spiro atoms. The normalized spacial score (nSPS) is 22.1. The minimum absolute atomic E-state index is 0.222. The molecule has 2 nitrogen and oxygen atoms in total.